The van der Waals surface area contributed by atoms with Crippen molar-refractivity contribution < 1.29 is 50.1 Å². The van der Waals surface area contributed by atoms with E-state index in [1.54, 1.807) is 29.3 Å². The van der Waals surface area contributed by atoms with Crippen molar-refractivity contribution in [3.8, 4) is 16.9 Å². The molecule has 5 rings (SSSR count). The van der Waals surface area contributed by atoms with Gasteiger partial charge < -0.3 is 14.3 Å². The molecule has 2 aromatic carbocycles. The molecule has 1 fully saturated rings. The van der Waals surface area contributed by atoms with E-state index in [1.165, 1.54) is 24.3 Å². The van der Waals surface area contributed by atoms with Crippen LogP contribution in [0.4, 0.5) is 18.0 Å². The van der Waals surface area contributed by atoms with Crippen LogP contribution in [0.2, 0.25) is 0 Å². The van der Waals surface area contributed by atoms with Crippen molar-refractivity contribution >= 4 is 22.1 Å². The lowest BCUT2D eigenvalue weighted by Crippen LogP contribution is -2.38. The minimum Gasteiger partial charge on any atom is -0.438 e. The normalized spacial score (nSPS) is 15.5. The van der Waals surface area contributed by atoms with Crippen LogP contribution in [0.15, 0.2) is 64.1 Å². The number of aromatic nitrogens is 4. The van der Waals surface area contributed by atoms with Crippen LogP contribution in [-0.2, 0) is 30.5 Å². The maximum Gasteiger partial charge on any atom is 0.510 e. The molecule has 1 aliphatic heterocycles. The van der Waals surface area contributed by atoms with Crippen LogP contribution in [0.5, 0.6) is 0 Å². The number of hydrogen-bond donors (Lipinski definition) is 1. The predicted molar refractivity (Wildman–Crippen MR) is 140 cm³/mol. The molecule has 3 heterocycles. The molecule has 43 heavy (non-hydrogen) atoms. The number of sulfonamides is 1. The first kappa shape index (κ1) is 29.6. The van der Waals surface area contributed by atoms with Gasteiger partial charge in [0.1, 0.15) is 5.02 Å². The highest BCUT2D eigenvalue weighted by Gasteiger charge is 2.36. The van der Waals surface area contributed by atoms with E-state index in [4.69, 9.17) is 9.47 Å². The van der Waals surface area contributed by atoms with Crippen LogP contribution in [0.1, 0.15) is 17.7 Å². The molecule has 4 aromatic rings. The van der Waals surface area contributed by atoms with Crippen molar-refractivity contribution in [2.24, 2.45) is 5.92 Å². The lowest BCUT2D eigenvalue weighted by molar-refractivity contribution is -0.141. The second kappa shape index (κ2) is 11.4. The number of carbonyl (C=O) groups excluding carboxylic acids is 2. The van der Waals surface area contributed by atoms with Gasteiger partial charge in [-0.2, -0.15) is 22.9 Å². The van der Waals surface area contributed by atoms with E-state index in [1.807, 2.05) is 11.6 Å². The Kier molecular flexibility index (Phi) is 7.87. The molecule has 0 spiro atoms. The van der Waals surface area contributed by atoms with Gasteiger partial charge in [0.15, 0.2) is 5.69 Å². The monoisotopic (exact) mass is 626 g/mol. The van der Waals surface area contributed by atoms with Crippen LogP contribution in [0.3, 0.4) is 0 Å². The molecule has 230 valence electrons. The number of nitrogens with zero attached hydrogens (tertiary/aromatic N) is 5. The molecule has 1 unspecified atom stereocenters. The van der Waals surface area contributed by atoms with Crippen molar-refractivity contribution in [2.45, 2.75) is 24.4 Å². The third kappa shape index (κ3) is 6.63. The van der Waals surface area contributed by atoms with Crippen LogP contribution in [0, 0.1) is 12.8 Å². The number of ether oxygens (including phenoxy) is 2. The van der Waals surface area contributed by atoms with Gasteiger partial charge in [-0.25, -0.2) is 22.6 Å². The molecule has 2 aromatic heterocycles. The molecule has 0 aliphatic carbocycles. The van der Waals surface area contributed by atoms with Gasteiger partial charge in [0.05, 0.1) is 35.8 Å². The molecule has 1 N–H and O–H groups in total. The highest BCUT2D eigenvalue weighted by atomic mass is 32.2. The fourth-order valence-corrected chi connectivity index (χ4v) is 5.30. The van der Waals surface area contributed by atoms with Gasteiger partial charge in [-0.1, -0.05) is 29.8 Å². The maximum absolute atomic E-state index is 13.5. The van der Waals surface area contributed by atoms with E-state index in [2.05, 4.69) is 14.6 Å². The van der Waals surface area contributed by atoms with Gasteiger partial charge in [0.2, 0.25) is 5.91 Å². The Labute approximate surface area is 242 Å². The summed E-state index contributed by atoms with van der Waals surface area (Å²) in [4.78, 5) is 29.6. The zero-order valence-corrected chi connectivity index (χ0v) is 23.5. The van der Waals surface area contributed by atoms with Gasteiger partial charge in [0.25, 0.3) is 16.8 Å². The molecular formula is C25H25F3N6O8S. The molecule has 0 saturated carbocycles. The predicted octanol–water partition coefficient (Wildman–Crippen LogP) is 2.69. The van der Waals surface area contributed by atoms with Crippen LogP contribution in [-0.4, -0.2) is 67.2 Å². The van der Waals surface area contributed by atoms with Gasteiger partial charge in [-0.3, -0.25) is 9.80 Å². The Morgan fingerprint density at radius 2 is 1.81 bits per heavy atom. The number of hydrogen-bond acceptors (Lipinski definition) is 10. The number of benzene rings is 2. The summed E-state index contributed by atoms with van der Waals surface area (Å²) in [5, 5.41) is 6.17. The number of methoxy groups -OCH3 is 1. The van der Waals surface area contributed by atoms with Crippen molar-refractivity contribution in [3.63, 3.8) is 0 Å². The molecule has 1 aliphatic rings. The van der Waals surface area contributed by atoms with E-state index >= 15 is 0 Å². The number of aryl methyl sites for hydroxylation is 1. The van der Waals surface area contributed by atoms with Crippen molar-refractivity contribution in [1.29, 1.82) is 0 Å². The Balaban J connectivity index is 1.25. The molecule has 18 heteroatoms. The minimum atomic E-state index is -4.69. The van der Waals surface area contributed by atoms with E-state index in [0.717, 1.165) is 33.4 Å². The summed E-state index contributed by atoms with van der Waals surface area (Å²) in [6.45, 7) is 1.78. The number of nitrogens with one attached hydrogen (secondary N) is 1. The van der Waals surface area contributed by atoms with Crippen LogP contribution in [0.25, 0.3) is 16.9 Å². The lowest BCUT2D eigenvalue weighted by Gasteiger charge is -2.13. The van der Waals surface area contributed by atoms with Crippen LogP contribution < -0.4 is 14.6 Å². The molecule has 0 bridgehead atoms. The fraction of sp³-hybridized carbons (Fsp3) is 0.320. The van der Waals surface area contributed by atoms with E-state index in [0.29, 0.717) is 18.5 Å². The topological polar surface area (TPSA) is 152 Å². The van der Waals surface area contributed by atoms with Gasteiger partial charge >= 0.3 is 12.3 Å². The first-order valence-corrected chi connectivity index (χ1v) is 14.1. The molecule has 14 nitrogen and oxygen atoms in total. The van der Waals surface area contributed by atoms with Crippen molar-refractivity contribution in [2.75, 3.05) is 32.0 Å². The smallest absolute Gasteiger partial charge is 0.438 e. The van der Waals surface area contributed by atoms with Crippen LogP contribution >= 0.6 is 0 Å². The maximum atomic E-state index is 13.5. The lowest BCUT2D eigenvalue weighted by atomic mass is 10.1. The summed E-state index contributed by atoms with van der Waals surface area (Å²) in [5.41, 5.74) is 0.655. The average molecular weight is 627 g/mol. The van der Waals surface area contributed by atoms with Gasteiger partial charge in [-0.15, -0.1) is 0 Å². The largest absolute Gasteiger partial charge is 0.510 e. The highest BCUT2D eigenvalue weighted by Crippen LogP contribution is 2.33. The first-order chi connectivity index (χ1) is 20.4. The average Bonchev–Trinajstić information content (AvgIpc) is 3.34. The fourth-order valence-electron chi connectivity index (χ4n) is 4.25. The zero-order chi connectivity index (χ0) is 30.9. The number of halogens is 3. The number of rotatable bonds is 9. The Morgan fingerprint density at radius 1 is 1.12 bits per heavy atom. The summed E-state index contributed by atoms with van der Waals surface area (Å²) in [5.74, 6) is -1.47. The summed E-state index contributed by atoms with van der Waals surface area (Å²) in [6, 6.07) is 12.7. The highest BCUT2D eigenvalue weighted by molar-refractivity contribution is 7.90. The quantitative estimate of drug-likeness (QED) is 0.217. The second-order valence-corrected chi connectivity index (χ2v) is 11.2. The summed E-state index contributed by atoms with van der Waals surface area (Å²) in [6.07, 6.45) is -5.35. The van der Waals surface area contributed by atoms with Gasteiger partial charge in [-0.05, 0) is 43.7 Å². The van der Waals surface area contributed by atoms with Crippen molar-refractivity contribution in [3.05, 3.63) is 65.9 Å². The molecule has 1 saturated heterocycles. The number of amides is 1. The van der Waals surface area contributed by atoms with Gasteiger partial charge in [0, 0.05) is 17.1 Å². The zero-order valence-electron chi connectivity index (χ0n) is 22.6. The number of alkyl halides is 3. The third-order valence-corrected chi connectivity index (χ3v) is 7.88. The molecule has 1 amide bonds. The van der Waals surface area contributed by atoms with E-state index < -0.39 is 46.7 Å². The summed E-state index contributed by atoms with van der Waals surface area (Å²) in [7, 11) is -3.17. The summed E-state index contributed by atoms with van der Waals surface area (Å²) >= 11 is 0. The Bertz CT molecular complexity index is 1700. The standard InChI is InChI=1S/C25H25F3N6O8S/c1-16-3-5-17(6-4-16)21-13-22(25(26,27)28)29-32(21)19-7-9-20(10-8-19)43(37,38)30-23(35)18-11-12-31(14-18)33-34(42-33)41-15-40-24(36)39-2/h3-10,13,18H,11-12,14-15H2,1-2H3,(H,30,35). The minimum absolute atomic E-state index is 0.0979. The third-order valence-electron chi connectivity index (χ3n) is 6.52. The first-order valence-electron chi connectivity index (χ1n) is 12.6. The SMILES string of the molecule is COC(=O)OCOn1on1N1CCC(C(=O)NS(=O)(=O)c2ccc(-n3nc(C(F)(F)F)cc3-c3ccc(C)cc3)cc2)C1. The van der Waals surface area contributed by atoms with E-state index in [9.17, 15) is 31.2 Å². The summed E-state index contributed by atoms with van der Waals surface area (Å²) < 4.78 is 83.4. The Morgan fingerprint density at radius 3 is 2.47 bits per heavy atom. The van der Waals surface area contributed by atoms with E-state index in [-0.39, 0.29) is 22.8 Å². The van der Waals surface area contributed by atoms with Crippen molar-refractivity contribution in [1.82, 2.24) is 24.5 Å². The number of carbonyl (C=O) groups is 2. The second-order valence-electron chi connectivity index (χ2n) is 9.47. The molecule has 0 radical (unpaired) electrons. The molecular weight excluding hydrogens is 601 g/mol. The Hall–Kier alpha value is -4.87. The molecule has 1 atom stereocenters.